The van der Waals surface area contributed by atoms with Crippen molar-refractivity contribution in [1.29, 1.82) is 0 Å². The van der Waals surface area contributed by atoms with Gasteiger partial charge in [0.15, 0.2) is 17.5 Å². The van der Waals surface area contributed by atoms with E-state index in [2.05, 4.69) is 15.6 Å². The molecule has 154 valence electrons. The molecule has 2 rings (SSSR count). The standard InChI is InChI=1S/C18H28F2N4O2.HI/c1-3-21-18(22-11-13-5-4-6-15(26-2)17(13)25)23-14-7-9-24(10-8-14)12-16(19)20;/h4-6,14,16,25H,3,7-12H2,1-2H3,(H2,21,22,23);1H. The van der Waals surface area contributed by atoms with Gasteiger partial charge in [-0.05, 0) is 25.8 Å². The maximum Gasteiger partial charge on any atom is 0.251 e. The first-order valence-corrected chi connectivity index (χ1v) is 8.93. The fourth-order valence-electron chi connectivity index (χ4n) is 2.99. The van der Waals surface area contributed by atoms with Crippen LogP contribution in [-0.2, 0) is 6.54 Å². The molecule has 0 aliphatic carbocycles. The second kappa shape index (κ2) is 12.2. The molecule has 1 aliphatic rings. The molecule has 27 heavy (non-hydrogen) atoms. The number of para-hydroxylation sites is 1. The van der Waals surface area contributed by atoms with Gasteiger partial charge in [-0.3, -0.25) is 4.90 Å². The summed E-state index contributed by atoms with van der Waals surface area (Å²) >= 11 is 0. The lowest BCUT2D eigenvalue weighted by atomic mass is 10.1. The van der Waals surface area contributed by atoms with E-state index in [1.54, 1.807) is 17.0 Å². The number of guanidine groups is 1. The number of rotatable bonds is 7. The van der Waals surface area contributed by atoms with E-state index in [1.807, 2.05) is 13.0 Å². The number of piperidine rings is 1. The Bertz CT molecular complexity index is 597. The number of ether oxygens (including phenoxy) is 1. The van der Waals surface area contributed by atoms with Crippen LogP contribution >= 0.6 is 24.0 Å². The lowest BCUT2D eigenvalue weighted by Crippen LogP contribution is -2.49. The minimum Gasteiger partial charge on any atom is -0.504 e. The van der Waals surface area contributed by atoms with Gasteiger partial charge >= 0.3 is 0 Å². The van der Waals surface area contributed by atoms with E-state index in [0.29, 0.717) is 43.5 Å². The molecular formula is C18H29F2IN4O2. The van der Waals surface area contributed by atoms with Crippen molar-refractivity contribution in [3.8, 4) is 11.5 Å². The topological polar surface area (TPSA) is 69.1 Å². The number of aliphatic imine (C=N–C) groups is 1. The first-order chi connectivity index (χ1) is 12.5. The summed E-state index contributed by atoms with van der Waals surface area (Å²) in [5.41, 5.74) is 0.674. The second-order valence-corrected chi connectivity index (χ2v) is 6.27. The summed E-state index contributed by atoms with van der Waals surface area (Å²) in [6.07, 6.45) is -0.697. The van der Waals surface area contributed by atoms with Crippen molar-refractivity contribution in [2.75, 3.05) is 33.3 Å². The number of phenolic OH excluding ortho intramolecular Hbond substituents is 1. The molecule has 0 bridgehead atoms. The van der Waals surface area contributed by atoms with Crippen LogP contribution < -0.4 is 15.4 Å². The Morgan fingerprint density at radius 3 is 2.67 bits per heavy atom. The van der Waals surface area contributed by atoms with Crippen LogP contribution in [0.4, 0.5) is 8.78 Å². The van der Waals surface area contributed by atoms with E-state index in [4.69, 9.17) is 4.74 Å². The van der Waals surface area contributed by atoms with Crippen LogP contribution in [-0.4, -0.2) is 61.7 Å². The number of aromatic hydroxyl groups is 1. The minimum absolute atomic E-state index is 0. The lowest BCUT2D eigenvalue weighted by molar-refractivity contribution is 0.0744. The Kier molecular flexibility index (Phi) is 10.7. The predicted octanol–water partition coefficient (Wildman–Crippen LogP) is 2.80. The van der Waals surface area contributed by atoms with Gasteiger partial charge in [-0.1, -0.05) is 12.1 Å². The molecule has 0 radical (unpaired) electrons. The number of methoxy groups -OCH3 is 1. The quantitative estimate of drug-likeness (QED) is 0.307. The molecule has 1 aromatic rings. The molecule has 1 heterocycles. The molecule has 1 aliphatic heterocycles. The van der Waals surface area contributed by atoms with Gasteiger partial charge < -0.3 is 20.5 Å². The molecule has 0 aromatic heterocycles. The van der Waals surface area contributed by atoms with Gasteiger partial charge in [-0.2, -0.15) is 0 Å². The third kappa shape index (κ3) is 7.65. The Balaban J connectivity index is 0.00000364. The van der Waals surface area contributed by atoms with E-state index < -0.39 is 6.43 Å². The Morgan fingerprint density at radius 2 is 2.07 bits per heavy atom. The average molecular weight is 498 g/mol. The molecule has 0 unspecified atom stereocenters. The fourth-order valence-corrected chi connectivity index (χ4v) is 2.99. The van der Waals surface area contributed by atoms with Crippen LogP contribution in [0.1, 0.15) is 25.3 Å². The van der Waals surface area contributed by atoms with Gasteiger partial charge in [0.25, 0.3) is 6.43 Å². The Hall–Kier alpha value is -1.36. The highest BCUT2D eigenvalue weighted by molar-refractivity contribution is 14.0. The molecule has 1 saturated heterocycles. The summed E-state index contributed by atoms with van der Waals surface area (Å²) in [7, 11) is 1.51. The number of halogens is 3. The molecule has 1 fully saturated rings. The molecule has 3 N–H and O–H groups in total. The highest BCUT2D eigenvalue weighted by Crippen LogP contribution is 2.29. The largest absolute Gasteiger partial charge is 0.504 e. The molecular weight excluding hydrogens is 469 g/mol. The van der Waals surface area contributed by atoms with Gasteiger partial charge in [-0.15, -0.1) is 24.0 Å². The minimum atomic E-state index is -2.28. The zero-order valence-corrected chi connectivity index (χ0v) is 18.1. The van der Waals surface area contributed by atoms with Gasteiger partial charge in [0.1, 0.15) is 0 Å². The van der Waals surface area contributed by atoms with Gasteiger partial charge in [0, 0.05) is 31.2 Å². The van der Waals surface area contributed by atoms with Crippen LogP contribution in [0.5, 0.6) is 11.5 Å². The van der Waals surface area contributed by atoms with Gasteiger partial charge in [0.05, 0.1) is 20.2 Å². The number of likely N-dealkylation sites (tertiary alicyclic amines) is 1. The highest BCUT2D eigenvalue weighted by atomic mass is 127. The van der Waals surface area contributed by atoms with Crippen LogP contribution in [0, 0.1) is 0 Å². The zero-order chi connectivity index (χ0) is 18.9. The van der Waals surface area contributed by atoms with Crippen molar-refractivity contribution < 1.29 is 18.6 Å². The van der Waals surface area contributed by atoms with Crippen molar-refractivity contribution in [2.45, 2.75) is 38.8 Å². The average Bonchev–Trinajstić information content (AvgIpc) is 2.62. The van der Waals surface area contributed by atoms with E-state index in [1.165, 1.54) is 7.11 Å². The van der Waals surface area contributed by atoms with Crippen molar-refractivity contribution >= 4 is 29.9 Å². The first kappa shape index (κ1) is 23.7. The monoisotopic (exact) mass is 498 g/mol. The van der Waals surface area contributed by atoms with E-state index >= 15 is 0 Å². The maximum atomic E-state index is 12.5. The first-order valence-electron chi connectivity index (χ1n) is 8.93. The lowest BCUT2D eigenvalue weighted by Gasteiger charge is -2.32. The van der Waals surface area contributed by atoms with Crippen molar-refractivity contribution in [2.24, 2.45) is 4.99 Å². The van der Waals surface area contributed by atoms with Crippen molar-refractivity contribution in [3.63, 3.8) is 0 Å². The van der Waals surface area contributed by atoms with Crippen LogP contribution in [0.3, 0.4) is 0 Å². The van der Waals surface area contributed by atoms with Crippen LogP contribution in [0.2, 0.25) is 0 Å². The molecule has 1 aromatic carbocycles. The third-order valence-electron chi connectivity index (χ3n) is 4.38. The summed E-state index contributed by atoms with van der Waals surface area (Å²) in [5.74, 6) is 1.17. The second-order valence-electron chi connectivity index (χ2n) is 6.27. The number of hydrogen-bond acceptors (Lipinski definition) is 4. The summed E-state index contributed by atoms with van der Waals surface area (Å²) in [5, 5.41) is 16.7. The number of alkyl halides is 2. The summed E-state index contributed by atoms with van der Waals surface area (Å²) in [4.78, 5) is 6.32. The SMILES string of the molecule is CCNC(=NCc1cccc(OC)c1O)NC1CCN(CC(F)F)CC1.I. The van der Waals surface area contributed by atoms with Gasteiger partial charge in [0.2, 0.25) is 0 Å². The van der Waals surface area contributed by atoms with Crippen LogP contribution in [0.25, 0.3) is 0 Å². The molecule has 0 amide bonds. The molecule has 0 spiro atoms. The smallest absolute Gasteiger partial charge is 0.251 e. The molecule has 9 heteroatoms. The summed E-state index contributed by atoms with van der Waals surface area (Å²) in [6.45, 7) is 4.14. The fraction of sp³-hybridized carbons (Fsp3) is 0.611. The number of benzene rings is 1. The molecule has 6 nitrogen and oxygen atoms in total. The zero-order valence-electron chi connectivity index (χ0n) is 15.8. The van der Waals surface area contributed by atoms with E-state index in [-0.39, 0.29) is 42.3 Å². The van der Waals surface area contributed by atoms with Crippen molar-refractivity contribution in [3.05, 3.63) is 23.8 Å². The van der Waals surface area contributed by atoms with E-state index in [9.17, 15) is 13.9 Å². The Morgan fingerprint density at radius 1 is 1.37 bits per heavy atom. The summed E-state index contributed by atoms with van der Waals surface area (Å²) < 4.78 is 30.0. The highest BCUT2D eigenvalue weighted by Gasteiger charge is 2.22. The number of nitrogens with zero attached hydrogens (tertiary/aromatic N) is 2. The molecule has 0 atom stereocenters. The summed E-state index contributed by atoms with van der Waals surface area (Å²) in [6, 6.07) is 5.50. The number of nitrogens with one attached hydrogen (secondary N) is 2. The molecule has 0 saturated carbocycles. The van der Waals surface area contributed by atoms with Gasteiger partial charge in [-0.25, -0.2) is 13.8 Å². The normalized spacial score (nSPS) is 16.1. The number of phenols is 1. The van der Waals surface area contributed by atoms with Crippen LogP contribution in [0.15, 0.2) is 23.2 Å². The van der Waals surface area contributed by atoms with Crippen molar-refractivity contribution in [1.82, 2.24) is 15.5 Å². The van der Waals surface area contributed by atoms with E-state index in [0.717, 1.165) is 12.8 Å². The number of hydrogen-bond donors (Lipinski definition) is 3. The predicted molar refractivity (Wildman–Crippen MR) is 113 cm³/mol. The third-order valence-corrected chi connectivity index (χ3v) is 4.38. The maximum absolute atomic E-state index is 12.5. The Labute approximate surface area is 176 Å².